The van der Waals surface area contributed by atoms with Crippen LogP contribution in [0.15, 0.2) is 29.6 Å². The molecule has 1 amide bonds. The SMILES string of the molecule is CN(Cc1csc(C(=O)NN)n1)c1cccc(C#N)c1. The van der Waals surface area contributed by atoms with Gasteiger partial charge in [0.05, 0.1) is 23.9 Å². The number of nitrogens with two attached hydrogens (primary N) is 1. The first-order valence-corrected chi connectivity index (χ1v) is 6.68. The van der Waals surface area contributed by atoms with Gasteiger partial charge in [-0.15, -0.1) is 11.3 Å². The van der Waals surface area contributed by atoms with Crippen LogP contribution >= 0.6 is 11.3 Å². The molecule has 1 aromatic carbocycles. The number of nitrogens with zero attached hydrogens (tertiary/aromatic N) is 3. The molecule has 0 fully saturated rings. The Balaban J connectivity index is 2.11. The Kier molecular flexibility index (Phi) is 4.30. The summed E-state index contributed by atoms with van der Waals surface area (Å²) >= 11 is 1.24. The molecule has 20 heavy (non-hydrogen) atoms. The van der Waals surface area contributed by atoms with E-state index in [1.807, 2.05) is 29.5 Å². The Morgan fingerprint density at radius 2 is 2.40 bits per heavy atom. The van der Waals surface area contributed by atoms with Gasteiger partial charge in [0.15, 0.2) is 5.01 Å². The third-order valence-electron chi connectivity index (χ3n) is 2.69. The molecule has 0 saturated heterocycles. The second kappa shape index (κ2) is 6.14. The van der Waals surface area contributed by atoms with E-state index < -0.39 is 5.91 Å². The van der Waals surface area contributed by atoms with Gasteiger partial charge in [-0.3, -0.25) is 10.2 Å². The summed E-state index contributed by atoms with van der Waals surface area (Å²) in [5.41, 5.74) is 4.36. The zero-order valence-electron chi connectivity index (χ0n) is 10.8. The zero-order valence-corrected chi connectivity index (χ0v) is 11.6. The summed E-state index contributed by atoms with van der Waals surface area (Å²) in [6.07, 6.45) is 0. The number of anilines is 1. The van der Waals surface area contributed by atoms with Crippen molar-refractivity contribution in [3.05, 3.63) is 45.9 Å². The predicted molar refractivity (Wildman–Crippen MR) is 77.0 cm³/mol. The first-order chi connectivity index (χ1) is 9.63. The van der Waals surface area contributed by atoms with Crippen molar-refractivity contribution < 1.29 is 4.79 Å². The fourth-order valence-electron chi connectivity index (χ4n) is 1.69. The molecular formula is C13H13N5OS. The van der Waals surface area contributed by atoms with Crippen LogP contribution < -0.4 is 16.2 Å². The molecule has 2 rings (SSSR count). The molecule has 0 aliphatic rings. The molecular weight excluding hydrogens is 274 g/mol. The van der Waals surface area contributed by atoms with Crippen LogP contribution in [0.3, 0.4) is 0 Å². The topological polar surface area (TPSA) is 95.0 Å². The minimum absolute atomic E-state index is 0.335. The number of nitrogens with one attached hydrogen (secondary N) is 1. The smallest absolute Gasteiger partial charge is 0.294 e. The summed E-state index contributed by atoms with van der Waals surface area (Å²) < 4.78 is 0. The molecule has 2 aromatic rings. The van der Waals surface area contributed by atoms with E-state index in [4.69, 9.17) is 11.1 Å². The van der Waals surface area contributed by atoms with E-state index in [2.05, 4.69) is 16.5 Å². The van der Waals surface area contributed by atoms with E-state index in [1.165, 1.54) is 11.3 Å². The molecule has 7 heteroatoms. The van der Waals surface area contributed by atoms with Crippen LogP contribution in [0.1, 0.15) is 21.1 Å². The van der Waals surface area contributed by atoms with Gasteiger partial charge in [0, 0.05) is 18.1 Å². The van der Waals surface area contributed by atoms with Crippen molar-refractivity contribution in [3.63, 3.8) is 0 Å². The van der Waals surface area contributed by atoms with Crippen LogP contribution in [0.5, 0.6) is 0 Å². The Morgan fingerprint density at radius 3 is 3.10 bits per heavy atom. The Bertz CT molecular complexity index is 661. The number of amides is 1. The summed E-state index contributed by atoms with van der Waals surface area (Å²) in [5.74, 6) is 4.67. The number of nitriles is 1. The van der Waals surface area contributed by atoms with Crippen LogP contribution in [0.2, 0.25) is 0 Å². The second-order valence-electron chi connectivity index (χ2n) is 4.14. The Labute approximate surface area is 120 Å². The molecule has 0 spiro atoms. The Hall–Kier alpha value is -2.43. The number of rotatable bonds is 4. The maximum absolute atomic E-state index is 11.3. The average Bonchev–Trinajstić information content (AvgIpc) is 2.95. The predicted octanol–water partition coefficient (Wildman–Crippen LogP) is 1.25. The number of hydrogen-bond acceptors (Lipinski definition) is 6. The number of carbonyl (C=O) groups is 1. The average molecular weight is 287 g/mol. The van der Waals surface area contributed by atoms with Crippen LogP contribution in [0, 0.1) is 11.3 Å². The molecule has 102 valence electrons. The van der Waals surface area contributed by atoms with Crippen molar-refractivity contribution in [3.8, 4) is 6.07 Å². The maximum atomic E-state index is 11.3. The quantitative estimate of drug-likeness (QED) is 0.501. The maximum Gasteiger partial charge on any atom is 0.294 e. The lowest BCUT2D eigenvalue weighted by atomic mass is 10.2. The minimum Gasteiger partial charge on any atom is -0.369 e. The minimum atomic E-state index is -0.393. The van der Waals surface area contributed by atoms with E-state index in [0.29, 0.717) is 17.1 Å². The van der Waals surface area contributed by atoms with Gasteiger partial charge in [0.2, 0.25) is 0 Å². The molecule has 0 radical (unpaired) electrons. The van der Waals surface area contributed by atoms with Crippen molar-refractivity contribution >= 4 is 22.9 Å². The van der Waals surface area contributed by atoms with Gasteiger partial charge in [-0.2, -0.15) is 5.26 Å². The van der Waals surface area contributed by atoms with Crippen molar-refractivity contribution in [2.45, 2.75) is 6.54 Å². The third-order valence-corrected chi connectivity index (χ3v) is 3.58. The molecule has 1 heterocycles. The highest BCUT2D eigenvalue weighted by atomic mass is 32.1. The number of carbonyl (C=O) groups excluding carboxylic acids is 1. The molecule has 6 nitrogen and oxygen atoms in total. The molecule has 3 N–H and O–H groups in total. The van der Waals surface area contributed by atoms with Crippen LogP contribution in [-0.4, -0.2) is 17.9 Å². The third kappa shape index (κ3) is 3.12. The number of hydrogen-bond donors (Lipinski definition) is 2. The van der Waals surface area contributed by atoms with Crippen LogP contribution in [-0.2, 0) is 6.54 Å². The van der Waals surface area contributed by atoms with E-state index in [9.17, 15) is 4.79 Å². The molecule has 0 saturated carbocycles. The fourth-order valence-corrected chi connectivity index (χ4v) is 2.40. The lowest BCUT2D eigenvalue weighted by Gasteiger charge is -2.18. The molecule has 1 aromatic heterocycles. The fraction of sp³-hybridized carbons (Fsp3) is 0.154. The largest absolute Gasteiger partial charge is 0.369 e. The number of nitrogen functional groups attached to an aromatic ring is 1. The highest BCUT2D eigenvalue weighted by Crippen LogP contribution is 2.18. The summed E-state index contributed by atoms with van der Waals surface area (Å²) in [7, 11) is 1.90. The Morgan fingerprint density at radius 1 is 1.60 bits per heavy atom. The standard InChI is InChI=1S/C13H13N5OS/c1-18(11-4-2-3-9(5-11)6-14)7-10-8-20-13(16-10)12(19)17-15/h2-5,8H,7,15H2,1H3,(H,17,19). The number of aromatic nitrogens is 1. The monoisotopic (exact) mass is 287 g/mol. The first kappa shape index (κ1) is 14.0. The van der Waals surface area contributed by atoms with Gasteiger partial charge >= 0.3 is 0 Å². The van der Waals surface area contributed by atoms with Crippen molar-refractivity contribution in [1.29, 1.82) is 5.26 Å². The highest BCUT2D eigenvalue weighted by Gasteiger charge is 2.11. The van der Waals surface area contributed by atoms with Gasteiger partial charge in [0.25, 0.3) is 5.91 Å². The second-order valence-corrected chi connectivity index (χ2v) is 4.99. The van der Waals surface area contributed by atoms with Crippen LogP contribution in [0.25, 0.3) is 0 Å². The van der Waals surface area contributed by atoms with Gasteiger partial charge in [-0.05, 0) is 18.2 Å². The van der Waals surface area contributed by atoms with E-state index in [0.717, 1.165) is 11.4 Å². The first-order valence-electron chi connectivity index (χ1n) is 5.80. The lowest BCUT2D eigenvalue weighted by Crippen LogP contribution is -2.30. The van der Waals surface area contributed by atoms with Gasteiger partial charge in [-0.1, -0.05) is 6.07 Å². The normalized spacial score (nSPS) is 9.85. The molecule has 0 aliphatic heterocycles. The summed E-state index contributed by atoms with van der Waals surface area (Å²) in [6.45, 7) is 0.545. The van der Waals surface area contributed by atoms with Gasteiger partial charge in [-0.25, -0.2) is 10.8 Å². The van der Waals surface area contributed by atoms with Gasteiger partial charge in [0.1, 0.15) is 0 Å². The van der Waals surface area contributed by atoms with Crippen LogP contribution in [0.4, 0.5) is 5.69 Å². The summed E-state index contributed by atoms with van der Waals surface area (Å²) in [6, 6.07) is 9.41. The molecule has 0 aliphatic carbocycles. The van der Waals surface area contributed by atoms with E-state index >= 15 is 0 Å². The number of benzene rings is 1. The lowest BCUT2D eigenvalue weighted by molar-refractivity contribution is 0.0953. The molecule has 0 bridgehead atoms. The molecule has 0 unspecified atom stereocenters. The molecule has 0 atom stereocenters. The van der Waals surface area contributed by atoms with Crippen molar-refractivity contribution in [2.24, 2.45) is 5.84 Å². The zero-order chi connectivity index (χ0) is 14.5. The van der Waals surface area contributed by atoms with Gasteiger partial charge < -0.3 is 4.90 Å². The van der Waals surface area contributed by atoms with Crippen molar-refractivity contribution in [1.82, 2.24) is 10.4 Å². The highest BCUT2D eigenvalue weighted by molar-refractivity contribution is 7.11. The summed E-state index contributed by atoms with van der Waals surface area (Å²) in [5, 5.41) is 11.0. The van der Waals surface area contributed by atoms with E-state index in [1.54, 1.807) is 12.1 Å². The number of hydrazine groups is 1. The van der Waals surface area contributed by atoms with E-state index in [-0.39, 0.29) is 0 Å². The summed E-state index contributed by atoms with van der Waals surface area (Å²) in [4.78, 5) is 17.5. The van der Waals surface area contributed by atoms with Crippen molar-refractivity contribution in [2.75, 3.05) is 11.9 Å². The number of thiazole rings is 1.